The first-order chi connectivity index (χ1) is 14.5. The van der Waals surface area contributed by atoms with E-state index in [2.05, 4.69) is 10.6 Å². The average Bonchev–Trinajstić information content (AvgIpc) is 3.08. The molecule has 0 saturated carbocycles. The van der Waals surface area contributed by atoms with E-state index in [0.717, 1.165) is 16.0 Å². The lowest BCUT2D eigenvalue weighted by atomic mass is 10.0. The van der Waals surface area contributed by atoms with Crippen LogP contribution in [0.4, 0.5) is 10.7 Å². The zero-order valence-electron chi connectivity index (χ0n) is 16.6. The van der Waals surface area contributed by atoms with Gasteiger partial charge < -0.3 is 20.1 Å². The maximum Gasteiger partial charge on any atom is 0.341 e. The number of nitrogens with one attached hydrogen (secondary N) is 2. The minimum absolute atomic E-state index is 0.234. The van der Waals surface area contributed by atoms with Gasteiger partial charge in [-0.15, -0.1) is 11.3 Å². The summed E-state index contributed by atoms with van der Waals surface area (Å²) in [4.78, 5) is 25.5. The van der Waals surface area contributed by atoms with Crippen molar-refractivity contribution in [2.45, 2.75) is 6.92 Å². The third kappa shape index (κ3) is 4.50. The second-order valence-corrected chi connectivity index (χ2v) is 7.84. The van der Waals surface area contributed by atoms with E-state index < -0.39 is 11.9 Å². The van der Waals surface area contributed by atoms with Crippen molar-refractivity contribution in [1.29, 1.82) is 0 Å². The van der Waals surface area contributed by atoms with Crippen LogP contribution in [0.25, 0.3) is 11.1 Å². The molecule has 2 N–H and O–H groups in total. The van der Waals surface area contributed by atoms with Gasteiger partial charge >= 0.3 is 11.9 Å². The Bertz CT molecular complexity index is 1090. The molecule has 0 atom stereocenters. The molecule has 0 aliphatic heterocycles. The van der Waals surface area contributed by atoms with Crippen molar-refractivity contribution in [3.63, 3.8) is 0 Å². The second kappa shape index (κ2) is 9.51. The van der Waals surface area contributed by atoms with Crippen molar-refractivity contribution in [1.82, 2.24) is 0 Å². The summed E-state index contributed by atoms with van der Waals surface area (Å²) in [6, 6.07) is 16.5. The Morgan fingerprint density at radius 1 is 0.900 bits per heavy atom. The molecule has 1 heterocycles. The van der Waals surface area contributed by atoms with Crippen LogP contribution in [0.5, 0.6) is 0 Å². The summed E-state index contributed by atoms with van der Waals surface area (Å²) in [5, 5.41) is 6.87. The van der Waals surface area contributed by atoms with E-state index in [-0.39, 0.29) is 5.11 Å². The van der Waals surface area contributed by atoms with Gasteiger partial charge in [-0.1, -0.05) is 42.5 Å². The predicted molar refractivity (Wildman–Crippen MR) is 123 cm³/mol. The number of aryl methyl sites for hydroxylation is 1. The maximum absolute atomic E-state index is 12.6. The molecular weight excluding hydrogens is 420 g/mol. The highest BCUT2D eigenvalue weighted by atomic mass is 32.1. The summed E-state index contributed by atoms with van der Waals surface area (Å²) in [6.45, 7) is 1.94. The highest BCUT2D eigenvalue weighted by Gasteiger charge is 2.24. The van der Waals surface area contributed by atoms with Gasteiger partial charge in [-0.25, -0.2) is 9.59 Å². The van der Waals surface area contributed by atoms with Crippen LogP contribution in [0.15, 0.2) is 54.6 Å². The Hall–Kier alpha value is -3.23. The van der Waals surface area contributed by atoms with Crippen LogP contribution in [0.1, 0.15) is 25.6 Å². The van der Waals surface area contributed by atoms with Gasteiger partial charge in [0.05, 0.1) is 25.5 Å². The number of hydrogen-bond acceptors (Lipinski definition) is 6. The molecule has 154 valence electrons. The Morgan fingerprint density at radius 3 is 2.20 bits per heavy atom. The quantitative estimate of drug-likeness (QED) is 0.422. The lowest BCUT2D eigenvalue weighted by molar-refractivity contribution is 0.0593. The third-order valence-corrected chi connectivity index (χ3v) is 5.57. The summed E-state index contributed by atoms with van der Waals surface area (Å²) in [6.07, 6.45) is 0. The van der Waals surface area contributed by atoms with Crippen LogP contribution in [0.3, 0.4) is 0 Å². The first kappa shape index (κ1) is 21.5. The first-order valence-electron chi connectivity index (χ1n) is 8.98. The summed E-state index contributed by atoms with van der Waals surface area (Å²) in [5.41, 5.74) is 2.97. The van der Waals surface area contributed by atoms with E-state index >= 15 is 0 Å². The zero-order chi connectivity index (χ0) is 21.7. The van der Waals surface area contributed by atoms with Gasteiger partial charge in [-0.2, -0.15) is 0 Å². The average molecular weight is 441 g/mol. The molecule has 3 rings (SSSR count). The normalized spacial score (nSPS) is 10.2. The zero-order valence-corrected chi connectivity index (χ0v) is 18.3. The van der Waals surface area contributed by atoms with Gasteiger partial charge in [0.1, 0.15) is 10.6 Å². The smallest absolute Gasteiger partial charge is 0.341 e. The maximum atomic E-state index is 12.6. The number of anilines is 2. The van der Waals surface area contributed by atoms with Crippen molar-refractivity contribution in [3.05, 3.63) is 70.6 Å². The molecule has 3 aromatic rings. The third-order valence-electron chi connectivity index (χ3n) is 4.34. The Kier molecular flexibility index (Phi) is 6.81. The van der Waals surface area contributed by atoms with E-state index in [0.29, 0.717) is 21.8 Å². The number of carbonyl (C=O) groups excluding carboxylic acids is 2. The molecule has 6 nitrogen and oxygen atoms in total. The topological polar surface area (TPSA) is 76.7 Å². The number of thiophene rings is 1. The molecule has 0 amide bonds. The van der Waals surface area contributed by atoms with Crippen LogP contribution in [-0.4, -0.2) is 31.3 Å². The number of thiocarbonyl (C=S) groups is 1. The number of benzene rings is 2. The van der Waals surface area contributed by atoms with Crippen molar-refractivity contribution in [3.8, 4) is 11.1 Å². The minimum atomic E-state index is -0.477. The van der Waals surface area contributed by atoms with E-state index in [1.54, 1.807) is 24.3 Å². The van der Waals surface area contributed by atoms with Crippen molar-refractivity contribution < 1.29 is 19.1 Å². The van der Waals surface area contributed by atoms with Crippen LogP contribution < -0.4 is 10.6 Å². The van der Waals surface area contributed by atoms with Crippen molar-refractivity contribution in [2.75, 3.05) is 24.9 Å². The molecule has 2 aromatic carbocycles. The highest BCUT2D eigenvalue weighted by molar-refractivity contribution is 7.80. The van der Waals surface area contributed by atoms with E-state index in [4.69, 9.17) is 21.7 Å². The summed E-state index contributed by atoms with van der Waals surface area (Å²) < 4.78 is 9.83. The fourth-order valence-corrected chi connectivity index (χ4v) is 4.36. The first-order valence-corrected chi connectivity index (χ1v) is 10.2. The van der Waals surface area contributed by atoms with Crippen LogP contribution >= 0.6 is 23.6 Å². The lowest BCUT2D eigenvalue weighted by Crippen LogP contribution is -2.21. The molecule has 0 aliphatic carbocycles. The molecule has 1 aromatic heterocycles. The van der Waals surface area contributed by atoms with Crippen LogP contribution in [-0.2, 0) is 9.47 Å². The summed E-state index contributed by atoms with van der Waals surface area (Å²) >= 11 is 6.83. The van der Waals surface area contributed by atoms with Crippen molar-refractivity contribution in [2.24, 2.45) is 0 Å². The van der Waals surface area contributed by atoms with E-state index in [1.807, 2.05) is 37.3 Å². The number of rotatable bonds is 5. The van der Waals surface area contributed by atoms with E-state index in [1.165, 1.54) is 25.6 Å². The number of hydrogen-bond donors (Lipinski definition) is 2. The molecule has 0 radical (unpaired) electrons. The molecular formula is C22H20N2O4S2. The monoisotopic (exact) mass is 440 g/mol. The van der Waals surface area contributed by atoms with Crippen LogP contribution in [0.2, 0.25) is 0 Å². The van der Waals surface area contributed by atoms with Gasteiger partial charge in [0.15, 0.2) is 5.11 Å². The van der Waals surface area contributed by atoms with Gasteiger partial charge in [0.25, 0.3) is 0 Å². The molecule has 0 saturated heterocycles. The Morgan fingerprint density at radius 2 is 1.53 bits per heavy atom. The number of esters is 2. The largest absolute Gasteiger partial charge is 0.465 e. The van der Waals surface area contributed by atoms with Gasteiger partial charge in [0.2, 0.25) is 0 Å². The number of ether oxygens (including phenoxy) is 2. The molecule has 0 unspecified atom stereocenters. The van der Waals surface area contributed by atoms with Gasteiger partial charge in [-0.3, -0.25) is 0 Å². The summed E-state index contributed by atoms with van der Waals surface area (Å²) in [5.74, 6) is -0.937. The molecule has 0 fully saturated rings. The fraction of sp³-hybridized carbons (Fsp3) is 0.136. The Balaban J connectivity index is 1.93. The molecule has 8 heteroatoms. The lowest BCUT2D eigenvalue weighted by Gasteiger charge is -2.13. The van der Waals surface area contributed by atoms with Gasteiger partial charge in [-0.05, 0) is 36.8 Å². The molecule has 30 heavy (non-hydrogen) atoms. The Labute approximate surface area is 183 Å². The standard InChI is InChI=1S/C22H20N2O4S2/c1-13-17(14-9-5-4-6-10-14)18(21(26)28-3)19(30-13)24-22(29)23-16-12-8-7-11-15(16)20(25)27-2/h4-12H,1-3H3,(H2,23,24,29). The SMILES string of the molecule is COC(=O)c1ccccc1NC(=S)Nc1sc(C)c(-c2ccccc2)c1C(=O)OC. The molecule has 0 bridgehead atoms. The van der Waals surface area contributed by atoms with Crippen LogP contribution in [0, 0.1) is 6.92 Å². The predicted octanol–water partition coefficient (Wildman–Crippen LogP) is 5.11. The summed E-state index contributed by atoms with van der Waals surface area (Å²) in [7, 11) is 2.66. The molecule has 0 aliphatic rings. The van der Waals surface area contributed by atoms with Crippen molar-refractivity contribution >= 4 is 51.3 Å². The second-order valence-electron chi connectivity index (χ2n) is 6.21. The number of methoxy groups -OCH3 is 2. The highest BCUT2D eigenvalue weighted by Crippen LogP contribution is 2.40. The fourth-order valence-electron chi connectivity index (χ4n) is 3.02. The van der Waals surface area contributed by atoms with E-state index in [9.17, 15) is 9.59 Å². The minimum Gasteiger partial charge on any atom is -0.465 e. The number of carbonyl (C=O) groups is 2. The number of para-hydroxylation sites is 1. The van der Waals surface area contributed by atoms with Gasteiger partial charge in [0, 0.05) is 10.4 Å². The molecule has 0 spiro atoms.